The smallest absolute Gasteiger partial charge is 0.264 e. The van der Waals surface area contributed by atoms with Gasteiger partial charge >= 0.3 is 0 Å². The number of anilines is 1. The third-order valence-corrected chi connectivity index (χ3v) is 9.64. The first-order valence-electron chi connectivity index (χ1n) is 14.5. The first kappa shape index (κ1) is 31.2. The molecule has 0 aliphatic heterocycles. The molecule has 0 aromatic heterocycles. The van der Waals surface area contributed by atoms with E-state index < -0.39 is 34.3 Å². The molecule has 0 bridgehead atoms. The first-order chi connectivity index (χ1) is 20.0. The van der Waals surface area contributed by atoms with Gasteiger partial charge in [0, 0.05) is 12.6 Å². The molecule has 0 heterocycles. The molecule has 3 aromatic rings. The predicted molar refractivity (Wildman–Crippen MR) is 163 cm³/mol. The molecule has 42 heavy (non-hydrogen) atoms. The molecule has 0 radical (unpaired) electrons. The fourth-order valence-corrected chi connectivity index (χ4v) is 6.99. The summed E-state index contributed by atoms with van der Waals surface area (Å²) < 4.78 is 43.0. The Kier molecular flexibility index (Phi) is 10.0. The average Bonchev–Trinajstić information content (AvgIpc) is 3.46. The van der Waals surface area contributed by atoms with E-state index in [4.69, 9.17) is 0 Å². The van der Waals surface area contributed by atoms with E-state index in [1.165, 1.54) is 29.2 Å². The van der Waals surface area contributed by atoms with Crippen molar-refractivity contribution >= 4 is 27.5 Å². The molecule has 1 atom stereocenters. The third-order valence-electron chi connectivity index (χ3n) is 7.86. The number of hydrogen-bond donors (Lipinski definition) is 1. The van der Waals surface area contributed by atoms with Crippen LogP contribution >= 0.6 is 0 Å². The summed E-state index contributed by atoms with van der Waals surface area (Å²) in [5.41, 5.74) is 3.60. The lowest BCUT2D eigenvalue weighted by atomic mass is 10.1. The van der Waals surface area contributed by atoms with Gasteiger partial charge in [0.15, 0.2) is 0 Å². The molecule has 2 amide bonds. The topological polar surface area (TPSA) is 86.8 Å². The minimum Gasteiger partial charge on any atom is -0.352 e. The van der Waals surface area contributed by atoms with Crippen molar-refractivity contribution in [2.24, 2.45) is 0 Å². The number of nitrogens with zero attached hydrogens (tertiary/aromatic N) is 2. The van der Waals surface area contributed by atoms with Crippen LogP contribution in [0.25, 0.3) is 0 Å². The van der Waals surface area contributed by atoms with Crippen LogP contribution in [0.1, 0.15) is 61.3 Å². The molecule has 1 N–H and O–H groups in total. The summed E-state index contributed by atoms with van der Waals surface area (Å²) in [4.78, 5) is 29.2. The molecular formula is C33H40FN3O4S. The van der Waals surface area contributed by atoms with Crippen LogP contribution in [0.15, 0.2) is 71.6 Å². The van der Waals surface area contributed by atoms with Crippen LogP contribution in [0.4, 0.5) is 10.1 Å². The van der Waals surface area contributed by atoms with Gasteiger partial charge in [-0.25, -0.2) is 12.8 Å². The molecule has 0 saturated heterocycles. The largest absolute Gasteiger partial charge is 0.352 e. The Bertz CT molecular complexity index is 1500. The van der Waals surface area contributed by atoms with Crippen LogP contribution in [-0.2, 0) is 26.2 Å². The number of benzene rings is 3. The van der Waals surface area contributed by atoms with E-state index in [1.54, 1.807) is 30.3 Å². The van der Waals surface area contributed by atoms with Crippen molar-refractivity contribution in [3.05, 3.63) is 94.8 Å². The Morgan fingerprint density at radius 2 is 1.55 bits per heavy atom. The Balaban J connectivity index is 1.73. The quantitative estimate of drug-likeness (QED) is 0.304. The van der Waals surface area contributed by atoms with E-state index in [0.29, 0.717) is 23.2 Å². The van der Waals surface area contributed by atoms with Crippen LogP contribution < -0.4 is 9.62 Å². The monoisotopic (exact) mass is 593 g/mol. The molecule has 9 heteroatoms. The molecule has 3 aromatic carbocycles. The summed E-state index contributed by atoms with van der Waals surface area (Å²) in [5, 5.41) is 3.10. The molecule has 1 saturated carbocycles. The van der Waals surface area contributed by atoms with E-state index in [2.05, 4.69) is 5.32 Å². The number of aryl methyl sites for hydroxylation is 3. The Morgan fingerprint density at radius 3 is 2.14 bits per heavy atom. The van der Waals surface area contributed by atoms with Gasteiger partial charge in [0.2, 0.25) is 11.8 Å². The molecule has 1 aliphatic carbocycles. The van der Waals surface area contributed by atoms with E-state index in [-0.39, 0.29) is 23.4 Å². The van der Waals surface area contributed by atoms with Gasteiger partial charge in [0.05, 0.1) is 10.6 Å². The lowest BCUT2D eigenvalue weighted by Crippen LogP contribution is -2.53. The first-order valence-corrected chi connectivity index (χ1v) is 15.9. The van der Waals surface area contributed by atoms with Crippen molar-refractivity contribution in [3.63, 3.8) is 0 Å². The van der Waals surface area contributed by atoms with Crippen LogP contribution in [0.2, 0.25) is 0 Å². The molecule has 7 nitrogen and oxygen atoms in total. The number of nitrogens with one attached hydrogen (secondary N) is 1. The van der Waals surface area contributed by atoms with Crippen molar-refractivity contribution in [2.45, 2.75) is 83.3 Å². The fraction of sp³-hybridized carbons (Fsp3) is 0.394. The molecular weight excluding hydrogens is 553 g/mol. The van der Waals surface area contributed by atoms with E-state index >= 15 is 0 Å². The standard InChI is InChI=1S/C33H40FN3O4S/c1-5-30(33(39)35-28-8-6-7-9-28)36(21-26-13-15-27(34)16-14-26)32(38)22-37(31-19-12-24(3)20-25(31)4)42(40,41)29-17-10-23(2)11-18-29/h10-20,28,30H,5-9,21-22H2,1-4H3,(H,35,39)/t30-/m1/s1. The van der Waals surface area contributed by atoms with Crippen LogP contribution in [-0.4, -0.2) is 43.8 Å². The van der Waals surface area contributed by atoms with Gasteiger partial charge in [-0.05, 0) is 81.5 Å². The highest BCUT2D eigenvalue weighted by Gasteiger charge is 2.35. The maximum absolute atomic E-state index is 14.2. The van der Waals surface area contributed by atoms with Crippen molar-refractivity contribution in [3.8, 4) is 0 Å². The zero-order valence-corrected chi connectivity index (χ0v) is 25.6. The maximum atomic E-state index is 14.2. The van der Waals surface area contributed by atoms with Gasteiger partial charge in [0.1, 0.15) is 18.4 Å². The Hall–Kier alpha value is -3.72. The number of amides is 2. The summed E-state index contributed by atoms with van der Waals surface area (Å²) in [7, 11) is -4.15. The predicted octanol–water partition coefficient (Wildman–Crippen LogP) is 5.81. The van der Waals surface area contributed by atoms with Crippen LogP contribution in [0.3, 0.4) is 0 Å². The van der Waals surface area contributed by atoms with Gasteiger partial charge in [-0.3, -0.25) is 13.9 Å². The molecule has 1 fully saturated rings. The fourth-order valence-electron chi connectivity index (χ4n) is 5.51. The van der Waals surface area contributed by atoms with E-state index in [9.17, 15) is 22.4 Å². The van der Waals surface area contributed by atoms with Crippen LogP contribution in [0.5, 0.6) is 0 Å². The van der Waals surface area contributed by atoms with Gasteiger partial charge in [-0.1, -0.05) is 67.3 Å². The summed E-state index contributed by atoms with van der Waals surface area (Å²) in [6.45, 7) is 6.95. The van der Waals surface area contributed by atoms with Crippen molar-refractivity contribution in [1.29, 1.82) is 0 Å². The maximum Gasteiger partial charge on any atom is 0.264 e. The van der Waals surface area contributed by atoms with Gasteiger partial charge in [-0.2, -0.15) is 0 Å². The summed E-state index contributed by atoms with van der Waals surface area (Å²) in [5.74, 6) is -1.20. The second-order valence-electron chi connectivity index (χ2n) is 11.2. The highest BCUT2D eigenvalue weighted by atomic mass is 32.2. The molecule has 0 spiro atoms. The van der Waals surface area contributed by atoms with Gasteiger partial charge in [0.25, 0.3) is 10.0 Å². The SMILES string of the molecule is CC[C@H](C(=O)NC1CCCC1)N(Cc1ccc(F)cc1)C(=O)CN(c1ccc(C)cc1C)S(=O)(=O)c1ccc(C)cc1. The summed E-state index contributed by atoms with van der Waals surface area (Å²) in [6, 6.07) is 16.9. The minimum absolute atomic E-state index is 0.0288. The molecule has 4 rings (SSSR count). The lowest BCUT2D eigenvalue weighted by molar-refractivity contribution is -0.140. The Labute approximate surface area is 248 Å². The third kappa shape index (κ3) is 7.37. The number of rotatable bonds is 11. The van der Waals surface area contributed by atoms with Crippen molar-refractivity contribution in [2.75, 3.05) is 10.8 Å². The number of carbonyl (C=O) groups excluding carboxylic acids is 2. The van der Waals surface area contributed by atoms with Crippen molar-refractivity contribution in [1.82, 2.24) is 10.2 Å². The number of carbonyl (C=O) groups is 2. The Morgan fingerprint density at radius 1 is 0.929 bits per heavy atom. The minimum atomic E-state index is -4.15. The second-order valence-corrected chi connectivity index (χ2v) is 13.0. The number of sulfonamides is 1. The van der Waals surface area contributed by atoms with Gasteiger partial charge < -0.3 is 10.2 Å². The molecule has 1 aliphatic rings. The lowest BCUT2D eigenvalue weighted by Gasteiger charge is -2.34. The number of halogens is 1. The van der Waals surface area contributed by atoms with E-state index in [0.717, 1.165) is 41.1 Å². The van der Waals surface area contributed by atoms with Gasteiger partial charge in [-0.15, -0.1) is 0 Å². The zero-order chi connectivity index (χ0) is 30.4. The summed E-state index contributed by atoms with van der Waals surface area (Å²) >= 11 is 0. The van der Waals surface area contributed by atoms with Crippen molar-refractivity contribution < 1.29 is 22.4 Å². The zero-order valence-electron chi connectivity index (χ0n) is 24.8. The second kappa shape index (κ2) is 13.5. The average molecular weight is 594 g/mol. The van der Waals surface area contributed by atoms with E-state index in [1.807, 2.05) is 39.8 Å². The highest BCUT2D eigenvalue weighted by Crippen LogP contribution is 2.29. The summed E-state index contributed by atoms with van der Waals surface area (Å²) in [6.07, 6.45) is 4.20. The normalized spacial score (nSPS) is 14.4. The highest BCUT2D eigenvalue weighted by molar-refractivity contribution is 7.92. The molecule has 0 unspecified atom stereocenters. The number of hydrogen-bond acceptors (Lipinski definition) is 4. The van der Waals surface area contributed by atoms with Crippen LogP contribution in [0, 0.1) is 26.6 Å². The molecule has 224 valence electrons.